The van der Waals surface area contributed by atoms with Crippen LogP contribution < -0.4 is 10.6 Å². The zero-order chi connectivity index (χ0) is 15.2. The van der Waals surface area contributed by atoms with E-state index in [1.165, 1.54) is 0 Å². The Morgan fingerprint density at radius 3 is 2.62 bits per heavy atom. The summed E-state index contributed by atoms with van der Waals surface area (Å²) in [6.07, 6.45) is 2.54. The van der Waals surface area contributed by atoms with Crippen LogP contribution in [-0.2, 0) is 0 Å². The van der Waals surface area contributed by atoms with Crippen molar-refractivity contribution < 1.29 is 4.79 Å². The molecule has 0 aliphatic heterocycles. The predicted octanol–water partition coefficient (Wildman–Crippen LogP) is 3.93. The maximum absolute atomic E-state index is 11.7. The smallest absolute Gasteiger partial charge is 0.269 e. The van der Waals surface area contributed by atoms with Crippen molar-refractivity contribution >= 4 is 28.9 Å². The lowest BCUT2D eigenvalue weighted by Gasteiger charge is -2.08. The van der Waals surface area contributed by atoms with Crippen LogP contribution >= 0.6 is 11.6 Å². The van der Waals surface area contributed by atoms with E-state index >= 15 is 0 Å². The Labute approximate surface area is 129 Å². The second kappa shape index (κ2) is 7.09. The molecule has 110 valence electrons. The molecule has 1 amide bonds. The zero-order valence-electron chi connectivity index (χ0n) is 12.1. The van der Waals surface area contributed by atoms with E-state index in [-0.39, 0.29) is 5.91 Å². The third-order valence-corrected chi connectivity index (χ3v) is 3.40. The molecule has 5 heteroatoms. The number of hydrogen-bond acceptors (Lipinski definition) is 3. The second-order valence-electron chi connectivity index (χ2n) is 4.78. The van der Waals surface area contributed by atoms with E-state index in [1.807, 2.05) is 38.1 Å². The molecule has 0 saturated carbocycles. The summed E-state index contributed by atoms with van der Waals surface area (Å²) in [5, 5.41) is 6.71. The topological polar surface area (TPSA) is 54.0 Å². The van der Waals surface area contributed by atoms with Gasteiger partial charge in [0.1, 0.15) is 5.69 Å². The Morgan fingerprint density at radius 2 is 2.00 bits per heavy atom. The van der Waals surface area contributed by atoms with Gasteiger partial charge in [-0.1, -0.05) is 24.6 Å². The minimum absolute atomic E-state index is 0.151. The van der Waals surface area contributed by atoms with Crippen molar-refractivity contribution in [2.24, 2.45) is 0 Å². The normalized spacial score (nSPS) is 10.2. The van der Waals surface area contributed by atoms with Crippen LogP contribution in [0.25, 0.3) is 0 Å². The Morgan fingerprint density at radius 1 is 1.24 bits per heavy atom. The average Bonchev–Trinajstić information content (AvgIpc) is 2.49. The van der Waals surface area contributed by atoms with Gasteiger partial charge in [0.15, 0.2) is 0 Å². The molecule has 0 bridgehead atoms. The summed E-state index contributed by atoms with van der Waals surface area (Å²) in [4.78, 5) is 15.9. The Bertz CT molecular complexity index is 626. The highest BCUT2D eigenvalue weighted by molar-refractivity contribution is 6.31. The number of nitrogens with one attached hydrogen (secondary N) is 2. The largest absolute Gasteiger partial charge is 0.354 e. The van der Waals surface area contributed by atoms with Crippen molar-refractivity contribution in [1.29, 1.82) is 0 Å². The molecule has 0 atom stereocenters. The number of aryl methyl sites for hydroxylation is 1. The predicted molar refractivity (Wildman–Crippen MR) is 86.3 cm³/mol. The molecular weight excluding hydrogens is 286 g/mol. The summed E-state index contributed by atoms with van der Waals surface area (Å²) in [5.41, 5.74) is 3.14. The number of amides is 1. The minimum atomic E-state index is -0.151. The summed E-state index contributed by atoms with van der Waals surface area (Å²) in [6, 6.07) is 9.28. The van der Waals surface area contributed by atoms with E-state index in [0.717, 1.165) is 23.4 Å². The van der Waals surface area contributed by atoms with Gasteiger partial charge < -0.3 is 10.6 Å². The summed E-state index contributed by atoms with van der Waals surface area (Å²) in [7, 11) is 0. The van der Waals surface area contributed by atoms with Crippen molar-refractivity contribution in [3.8, 4) is 0 Å². The van der Waals surface area contributed by atoms with E-state index in [9.17, 15) is 4.79 Å². The molecular formula is C16H18ClN3O. The van der Waals surface area contributed by atoms with Gasteiger partial charge in [-0.25, -0.2) is 4.98 Å². The lowest BCUT2D eigenvalue weighted by molar-refractivity contribution is 0.0949. The fourth-order valence-electron chi connectivity index (χ4n) is 1.77. The van der Waals surface area contributed by atoms with Gasteiger partial charge in [-0.15, -0.1) is 0 Å². The van der Waals surface area contributed by atoms with E-state index < -0.39 is 0 Å². The van der Waals surface area contributed by atoms with Gasteiger partial charge in [0, 0.05) is 17.3 Å². The summed E-state index contributed by atoms with van der Waals surface area (Å²) >= 11 is 6.09. The molecule has 1 aromatic carbocycles. The van der Waals surface area contributed by atoms with E-state index in [2.05, 4.69) is 15.6 Å². The van der Waals surface area contributed by atoms with Gasteiger partial charge in [-0.3, -0.25) is 4.79 Å². The first-order valence-corrected chi connectivity index (χ1v) is 7.25. The fraction of sp³-hybridized carbons (Fsp3) is 0.250. The van der Waals surface area contributed by atoms with Crippen LogP contribution in [0.1, 0.15) is 29.4 Å². The number of carbonyl (C=O) groups excluding carboxylic acids is 1. The van der Waals surface area contributed by atoms with Gasteiger partial charge in [0.2, 0.25) is 0 Å². The average molecular weight is 304 g/mol. The first kappa shape index (κ1) is 15.3. The van der Waals surface area contributed by atoms with Gasteiger partial charge in [0.05, 0.1) is 11.9 Å². The summed E-state index contributed by atoms with van der Waals surface area (Å²) in [6.45, 7) is 4.62. The van der Waals surface area contributed by atoms with Gasteiger partial charge in [-0.05, 0) is 43.2 Å². The van der Waals surface area contributed by atoms with Crippen molar-refractivity contribution in [2.45, 2.75) is 20.3 Å². The van der Waals surface area contributed by atoms with Crippen LogP contribution in [0.2, 0.25) is 5.02 Å². The van der Waals surface area contributed by atoms with Gasteiger partial charge in [0.25, 0.3) is 5.91 Å². The van der Waals surface area contributed by atoms with Crippen molar-refractivity contribution in [1.82, 2.24) is 10.3 Å². The highest BCUT2D eigenvalue weighted by Crippen LogP contribution is 2.22. The van der Waals surface area contributed by atoms with Crippen LogP contribution in [0.15, 0.2) is 36.5 Å². The molecule has 4 nitrogen and oxygen atoms in total. The number of aromatic nitrogens is 1. The first-order valence-electron chi connectivity index (χ1n) is 6.87. The van der Waals surface area contributed by atoms with Crippen LogP contribution in [0.4, 0.5) is 11.4 Å². The lowest BCUT2D eigenvalue weighted by Crippen LogP contribution is -2.24. The number of pyridine rings is 1. The van der Waals surface area contributed by atoms with E-state index in [4.69, 9.17) is 11.6 Å². The number of anilines is 2. The zero-order valence-corrected chi connectivity index (χ0v) is 12.9. The number of halogens is 1. The molecule has 0 aliphatic rings. The Kier molecular flexibility index (Phi) is 5.17. The maximum Gasteiger partial charge on any atom is 0.269 e. The van der Waals surface area contributed by atoms with E-state index in [0.29, 0.717) is 17.3 Å². The molecule has 0 fully saturated rings. The molecule has 0 radical (unpaired) electrons. The van der Waals surface area contributed by atoms with Crippen LogP contribution in [0, 0.1) is 6.92 Å². The van der Waals surface area contributed by atoms with Crippen molar-refractivity contribution in [3.63, 3.8) is 0 Å². The number of benzene rings is 1. The molecule has 1 heterocycles. The van der Waals surface area contributed by atoms with Gasteiger partial charge in [-0.2, -0.15) is 0 Å². The third kappa shape index (κ3) is 4.20. The van der Waals surface area contributed by atoms with Crippen LogP contribution in [0.3, 0.4) is 0 Å². The minimum Gasteiger partial charge on any atom is -0.354 e. The number of nitrogens with zero attached hydrogens (tertiary/aromatic N) is 1. The Hall–Kier alpha value is -2.07. The van der Waals surface area contributed by atoms with Crippen LogP contribution in [-0.4, -0.2) is 17.4 Å². The molecule has 21 heavy (non-hydrogen) atoms. The molecule has 1 aromatic heterocycles. The first-order chi connectivity index (χ1) is 10.1. The SMILES string of the molecule is CCCNC(=O)c1ccc(Nc2ccc(C)c(Cl)c2)cn1. The molecule has 2 aromatic rings. The Balaban J connectivity index is 2.05. The summed E-state index contributed by atoms with van der Waals surface area (Å²) in [5.74, 6) is -0.151. The lowest BCUT2D eigenvalue weighted by atomic mass is 10.2. The highest BCUT2D eigenvalue weighted by atomic mass is 35.5. The second-order valence-corrected chi connectivity index (χ2v) is 5.18. The quantitative estimate of drug-likeness (QED) is 0.880. The third-order valence-electron chi connectivity index (χ3n) is 2.99. The molecule has 0 spiro atoms. The van der Waals surface area contributed by atoms with Gasteiger partial charge >= 0.3 is 0 Å². The number of rotatable bonds is 5. The molecule has 2 rings (SSSR count). The van der Waals surface area contributed by atoms with Crippen molar-refractivity contribution in [3.05, 3.63) is 52.8 Å². The number of hydrogen-bond donors (Lipinski definition) is 2. The highest BCUT2D eigenvalue weighted by Gasteiger charge is 2.06. The molecule has 0 unspecified atom stereocenters. The van der Waals surface area contributed by atoms with Crippen LogP contribution in [0.5, 0.6) is 0 Å². The fourth-order valence-corrected chi connectivity index (χ4v) is 1.95. The molecule has 2 N–H and O–H groups in total. The summed E-state index contributed by atoms with van der Waals surface area (Å²) < 4.78 is 0. The molecule has 0 aliphatic carbocycles. The maximum atomic E-state index is 11.7. The van der Waals surface area contributed by atoms with Crippen molar-refractivity contribution in [2.75, 3.05) is 11.9 Å². The number of carbonyl (C=O) groups is 1. The molecule has 0 saturated heterocycles. The van der Waals surface area contributed by atoms with E-state index in [1.54, 1.807) is 12.3 Å². The monoisotopic (exact) mass is 303 g/mol. The standard InChI is InChI=1S/C16H18ClN3O/c1-3-8-18-16(21)15-7-6-13(10-19-15)20-12-5-4-11(2)14(17)9-12/h4-7,9-10,20H,3,8H2,1-2H3,(H,18,21).